The van der Waals surface area contributed by atoms with Crippen LogP contribution in [0.15, 0.2) is 23.1 Å². The summed E-state index contributed by atoms with van der Waals surface area (Å²) in [5, 5.41) is 0. The smallest absolute Gasteiger partial charge is 0.0452 e. The molecule has 0 saturated carbocycles. The molecule has 0 aromatic heterocycles. The predicted octanol–water partition coefficient (Wildman–Crippen LogP) is 2.13. The second-order valence-corrected chi connectivity index (χ2v) is 4.47. The second kappa shape index (κ2) is 5.27. The summed E-state index contributed by atoms with van der Waals surface area (Å²) in [7, 11) is 0. The zero-order valence-corrected chi connectivity index (χ0v) is 9.60. The Hall–Kier alpha value is -0.670. The van der Waals surface area contributed by atoms with Crippen LogP contribution in [-0.2, 0) is 6.42 Å². The minimum absolute atomic E-state index is 0.535. The third kappa shape index (κ3) is 2.93. The van der Waals surface area contributed by atoms with Crippen molar-refractivity contribution in [2.24, 2.45) is 11.7 Å². The van der Waals surface area contributed by atoms with Crippen LogP contribution in [0, 0.1) is 5.92 Å². The normalized spacial score (nSPS) is 12.8. The van der Waals surface area contributed by atoms with Crippen LogP contribution >= 0.6 is 11.8 Å². The number of benzene rings is 1. The molecular weight excluding hydrogens is 192 g/mol. The van der Waals surface area contributed by atoms with E-state index in [1.54, 1.807) is 11.8 Å². The van der Waals surface area contributed by atoms with Crippen LogP contribution in [0.4, 0.5) is 5.69 Å². The van der Waals surface area contributed by atoms with E-state index < -0.39 is 0 Å². The molecule has 1 atom stereocenters. The maximum absolute atomic E-state index is 5.82. The van der Waals surface area contributed by atoms with E-state index in [-0.39, 0.29) is 0 Å². The van der Waals surface area contributed by atoms with Crippen LogP contribution in [-0.4, -0.2) is 12.8 Å². The fraction of sp³-hybridized carbons (Fsp3) is 0.455. The molecular formula is C11H18N2S. The summed E-state index contributed by atoms with van der Waals surface area (Å²) in [6.45, 7) is 2.90. The van der Waals surface area contributed by atoms with Gasteiger partial charge in [-0.15, -0.1) is 11.8 Å². The van der Waals surface area contributed by atoms with Gasteiger partial charge in [-0.1, -0.05) is 13.0 Å². The van der Waals surface area contributed by atoms with Gasteiger partial charge in [0.15, 0.2) is 0 Å². The van der Waals surface area contributed by atoms with E-state index in [9.17, 15) is 0 Å². The number of anilines is 1. The van der Waals surface area contributed by atoms with E-state index in [1.807, 2.05) is 12.3 Å². The van der Waals surface area contributed by atoms with Crippen molar-refractivity contribution in [3.63, 3.8) is 0 Å². The standard InChI is InChI=1S/C11H18N2S/c1-8(7-12)5-9-3-4-10(13)11(6-9)14-2/h3-4,6,8H,5,7,12-13H2,1-2H3. The van der Waals surface area contributed by atoms with Crippen molar-refractivity contribution >= 4 is 17.4 Å². The van der Waals surface area contributed by atoms with E-state index in [0.717, 1.165) is 23.5 Å². The van der Waals surface area contributed by atoms with Crippen molar-refractivity contribution in [2.45, 2.75) is 18.2 Å². The lowest BCUT2D eigenvalue weighted by molar-refractivity contribution is 0.592. The number of hydrogen-bond donors (Lipinski definition) is 2. The molecule has 3 heteroatoms. The summed E-state index contributed by atoms with van der Waals surface area (Å²) < 4.78 is 0. The van der Waals surface area contributed by atoms with Gasteiger partial charge in [0.2, 0.25) is 0 Å². The maximum atomic E-state index is 5.82. The van der Waals surface area contributed by atoms with E-state index >= 15 is 0 Å². The minimum atomic E-state index is 0.535. The topological polar surface area (TPSA) is 52.0 Å². The molecule has 78 valence electrons. The van der Waals surface area contributed by atoms with Gasteiger partial charge in [0.25, 0.3) is 0 Å². The molecule has 0 bridgehead atoms. The molecule has 14 heavy (non-hydrogen) atoms. The molecule has 1 unspecified atom stereocenters. The van der Waals surface area contributed by atoms with Gasteiger partial charge in [0, 0.05) is 10.6 Å². The molecule has 0 aliphatic rings. The molecule has 0 amide bonds. The first-order valence-corrected chi connectivity index (χ1v) is 6.02. The lowest BCUT2D eigenvalue weighted by Crippen LogP contribution is -2.13. The average molecular weight is 210 g/mol. The quantitative estimate of drug-likeness (QED) is 0.591. The number of nitrogen functional groups attached to an aromatic ring is 1. The highest BCUT2D eigenvalue weighted by molar-refractivity contribution is 7.98. The van der Waals surface area contributed by atoms with Gasteiger partial charge in [0.1, 0.15) is 0 Å². The Morgan fingerprint density at radius 2 is 2.14 bits per heavy atom. The van der Waals surface area contributed by atoms with Crippen LogP contribution in [0.3, 0.4) is 0 Å². The lowest BCUT2D eigenvalue weighted by Gasteiger charge is -2.10. The highest BCUT2D eigenvalue weighted by atomic mass is 32.2. The summed E-state index contributed by atoms with van der Waals surface area (Å²) in [4.78, 5) is 1.16. The third-order valence-corrected chi connectivity index (χ3v) is 3.08. The Labute approximate surface area is 90.1 Å². The van der Waals surface area contributed by atoms with Crippen LogP contribution in [0.1, 0.15) is 12.5 Å². The SMILES string of the molecule is CSc1cc(CC(C)CN)ccc1N. The zero-order valence-electron chi connectivity index (χ0n) is 8.79. The van der Waals surface area contributed by atoms with Gasteiger partial charge in [-0.2, -0.15) is 0 Å². The van der Waals surface area contributed by atoms with E-state index in [2.05, 4.69) is 19.1 Å². The largest absolute Gasteiger partial charge is 0.398 e. The van der Waals surface area contributed by atoms with Crippen molar-refractivity contribution < 1.29 is 0 Å². The van der Waals surface area contributed by atoms with Crippen molar-refractivity contribution in [3.05, 3.63) is 23.8 Å². The van der Waals surface area contributed by atoms with Crippen LogP contribution in [0.2, 0.25) is 0 Å². The molecule has 0 heterocycles. The van der Waals surface area contributed by atoms with Crippen molar-refractivity contribution in [3.8, 4) is 0 Å². The first-order valence-electron chi connectivity index (χ1n) is 4.79. The van der Waals surface area contributed by atoms with E-state index in [0.29, 0.717) is 5.92 Å². The second-order valence-electron chi connectivity index (χ2n) is 3.62. The van der Waals surface area contributed by atoms with E-state index in [4.69, 9.17) is 11.5 Å². The molecule has 1 aromatic rings. The highest BCUT2D eigenvalue weighted by Crippen LogP contribution is 2.24. The first-order chi connectivity index (χ1) is 6.67. The van der Waals surface area contributed by atoms with Gasteiger partial charge >= 0.3 is 0 Å². The Morgan fingerprint density at radius 1 is 1.43 bits per heavy atom. The van der Waals surface area contributed by atoms with Gasteiger partial charge in [0.05, 0.1) is 0 Å². The average Bonchev–Trinajstić information content (AvgIpc) is 2.20. The summed E-state index contributed by atoms with van der Waals surface area (Å²) in [6, 6.07) is 6.22. The van der Waals surface area contributed by atoms with Crippen molar-refractivity contribution in [1.82, 2.24) is 0 Å². The molecule has 0 aliphatic heterocycles. The van der Waals surface area contributed by atoms with Crippen LogP contribution in [0.25, 0.3) is 0 Å². The van der Waals surface area contributed by atoms with Crippen LogP contribution in [0.5, 0.6) is 0 Å². The Morgan fingerprint density at radius 3 is 2.71 bits per heavy atom. The Kier molecular flexibility index (Phi) is 4.29. The Balaban J connectivity index is 2.79. The minimum Gasteiger partial charge on any atom is -0.398 e. The molecule has 0 saturated heterocycles. The fourth-order valence-electron chi connectivity index (χ4n) is 1.37. The molecule has 2 nitrogen and oxygen atoms in total. The molecule has 1 rings (SSSR count). The number of rotatable bonds is 4. The number of nitrogens with two attached hydrogens (primary N) is 2. The number of hydrogen-bond acceptors (Lipinski definition) is 3. The molecule has 0 aliphatic carbocycles. The third-order valence-electron chi connectivity index (χ3n) is 2.28. The van der Waals surface area contributed by atoms with Crippen molar-refractivity contribution in [1.29, 1.82) is 0 Å². The fourth-order valence-corrected chi connectivity index (χ4v) is 1.94. The summed E-state index contributed by atoms with van der Waals surface area (Å²) in [5.41, 5.74) is 13.6. The van der Waals surface area contributed by atoms with Crippen molar-refractivity contribution in [2.75, 3.05) is 18.5 Å². The van der Waals surface area contributed by atoms with E-state index in [1.165, 1.54) is 5.56 Å². The van der Waals surface area contributed by atoms with Crippen LogP contribution < -0.4 is 11.5 Å². The molecule has 4 N–H and O–H groups in total. The molecule has 1 aromatic carbocycles. The lowest BCUT2D eigenvalue weighted by atomic mass is 10.0. The number of thioether (sulfide) groups is 1. The Bertz CT molecular complexity index is 299. The molecule has 0 fully saturated rings. The molecule has 0 radical (unpaired) electrons. The highest BCUT2D eigenvalue weighted by Gasteiger charge is 2.04. The predicted molar refractivity (Wildman–Crippen MR) is 64.6 cm³/mol. The summed E-state index contributed by atoms with van der Waals surface area (Å²) >= 11 is 1.69. The summed E-state index contributed by atoms with van der Waals surface area (Å²) in [5.74, 6) is 0.535. The summed E-state index contributed by atoms with van der Waals surface area (Å²) in [6.07, 6.45) is 3.08. The zero-order chi connectivity index (χ0) is 10.6. The monoisotopic (exact) mass is 210 g/mol. The van der Waals surface area contributed by atoms with Gasteiger partial charge in [-0.25, -0.2) is 0 Å². The first kappa shape index (κ1) is 11.4. The maximum Gasteiger partial charge on any atom is 0.0452 e. The van der Waals surface area contributed by atoms with Gasteiger partial charge in [-0.05, 0) is 42.8 Å². The van der Waals surface area contributed by atoms with Gasteiger partial charge in [-0.3, -0.25) is 0 Å². The molecule has 0 spiro atoms. The van der Waals surface area contributed by atoms with Gasteiger partial charge < -0.3 is 11.5 Å².